The highest BCUT2D eigenvalue weighted by atomic mass is 16.5. The lowest BCUT2D eigenvalue weighted by molar-refractivity contribution is -0.131. The summed E-state index contributed by atoms with van der Waals surface area (Å²) in [5.74, 6) is -0.803. The van der Waals surface area contributed by atoms with E-state index in [0.717, 1.165) is 6.08 Å². The van der Waals surface area contributed by atoms with Gasteiger partial charge >= 0.3 is 5.97 Å². The monoisotopic (exact) mass is 278 g/mol. The molecule has 0 radical (unpaired) electrons. The number of aromatic nitrogens is 1. The molecule has 1 rings (SSSR count). The van der Waals surface area contributed by atoms with Crippen molar-refractivity contribution in [3.05, 3.63) is 30.0 Å². The van der Waals surface area contributed by atoms with Gasteiger partial charge in [-0.25, -0.2) is 9.78 Å². The molecule has 0 saturated carbocycles. The van der Waals surface area contributed by atoms with Crippen molar-refractivity contribution in [2.24, 2.45) is 0 Å². The fourth-order valence-corrected chi connectivity index (χ4v) is 1.43. The van der Waals surface area contributed by atoms with Crippen LogP contribution in [0, 0.1) is 0 Å². The highest BCUT2D eigenvalue weighted by molar-refractivity contribution is 5.90. The van der Waals surface area contributed by atoms with Gasteiger partial charge in [0.2, 0.25) is 5.91 Å². The number of amides is 1. The minimum absolute atomic E-state index is 0.0264. The normalized spacial score (nSPS) is 12.3. The van der Waals surface area contributed by atoms with Crippen LogP contribution in [0.15, 0.2) is 24.3 Å². The number of hydrogen-bond acceptors (Lipinski definition) is 4. The number of methoxy groups -OCH3 is 1. The van der Waals surface area contributed by atoms with Crippen LogP contribution in [0.3, 0.4) is 0 Å². The molecule has 6 nitrogen and oxygen atoms in total. The Labute approximate surface area is 117 Å². The predicted octanol–water partition coefficient (Wildman–Crippen LogP) is 1.93. The first-order valence-corrected chi connectivity index (χ1v) is 6.22. The maximum Gasteiger partial charge on any atom is 0.328 e. The van der Waals surface area contributed by atoms with E-state index < -0.39 is 5.97 Å². The van der Waals surface area contributed by atoms with Gasteiger partial charge in [-0.05, 0) is 31.6 Å². The number of nitrogens with zero attached hydrogens (tertiary/aromatic N) is 1. The van der Waals surface area contributed by atoms with Gasteiger partial charge in [-0.2, -0.15) is 0 Å². The van der Waals surface area contributed by atoms with Crippen LogP contribution in [-0.2, 0) is 14.3 Å². The third-order valence-corrected chi connectivity index (χ3v) is 2.62. The second-order valence-corrected chi connectivity index (χ2v) is 4.25. The highest BCUT2D eigenvalue weighted by Gasteiger charge is 2.07. The van der Waals surface area contributed by atoms with Crippen LogP contribution >= 0.6 is 0 Å². The number of ether oxygens (including phenoxy) is 1. The van der Waals surface area contributed by atoms with Crippen molar-refractivity contribution in [3.63, 3.8) is 0 Å². The number of aliphatic carboxylic acids is 1. The number of pyridine rings is 1. The third kappa shape index (κ3) is 6.10. The standard InChI is InChI=1S/C14H18N2O4/c1-10(20-2)6-8-13(17)16-12-5-3-4-11(15-12)7-9-14(18)19/h3-5,7,9-10H,6,8H2,1-2H3,(H,18,19)(H,15,16,17)/b9-7+. The maximum absolute atomic E-state index is 11.7. The number of carboxylic acid groups (broad SMARTS) is 1. The van der Waals surface area contributed by atoms with Gasteiger partial charge in [-0.3, -0.25) is 4.79 Å². The van der Waals surface area contributed by atoms with Gasteiger partial charge in [0.05, 0.1) is 11.8 Å². The van der Waals surface area contributed by atoms with Gasteiger partial charge in [0, 0.05) is 19.6 Å². The molecule has 0 aromatic carbocycles. The second-order valence-electron chi connectivity index (χ2n) is 4.25. The summed E-state index contributed by atoms with van der Waals surface area (Å²) in [5, 5.41) is 11.2. The molecule has 2 N–H and O–H groups in total. The Balaban J connectivity index is 2.57. The molecule has 0 saturated heterocycles. The van der Waals surface area contributed by atoms with Crippen molar-refractivity contribution >= 4 is 23.8 Å². The molecule has 0 aliphatic carbocycles. The molecule has 20 heavy (non-hydrogen) atoms. The zero-order valence-corrected chi connectivity index (χ0v) is 11.5. The van der Waals surface area contributed by atoms with Crippen LogP contribution in [0.25, 0.3) is 6.08 Å². The highest BCUT2D eigenvalue weighted by Crippen LogP contribution is 2.08. The van der Waals surface area contributed by atoms with Gasteiger partial charge in [-0.1, -0.05) is 6.07 Å². The minimum Gasteiger partial charge on any atom is -0.478 e. The summed E-state index contributed by atoms with van der Waals surface area (Å²) >= 11 is 0. The van der Waals surface area contributed by atoms with Gasteiger partial charge in [0.1, 0.15) is 5.82 Å². The van der Waals surface area contributed by atoms with Crippen LogP contribution in [0.2, 0.25) is 0 Å². The summed E-state index contributed by atoms with van der Waals surface area (Å²) in [6.07, 6.45) is 3.35. The van der Waals surface area contributed by atoms with E-state index in [4.69, 9.17) is 9.84 Å². The summed E-state index contributed by atoms with van der Waals surface area (Å²) in [7, 11) is 1.60. The van der Waals surface area contributed by atoms with E-state index >= 15 is 0 Å². The van der Waals surface area contributed by atoms with E-state index in [2.05, 4.69) is 10.3 Å². The Morgan fingerprint density at radius 3 is 2.90 bits per heavy atom. The Morgan fingerprint density at radius 2 is 2.25 bits per heavy atom. The SMILES string of the molecule is COC(C)CCC(=O)Nc1cccc(/C=C/C(=O)O)n1. The lowest BCUT2D eigenvalue weighted by atomic mass is 10.2. The van der Waals surface area contributed by atoms with Crippen LogP contribution in [0.4, 0.5) is 5.82 Å². The van der Waals surface area contributed by atoms with Crippen LogP contribution in [-0.4, -0.2) is 35.2 Å². The number of carbonyl (C=O) groups excluding carboxylic acids is 1. The van der Waals surface area contributed by atoms with Crippen molar-refractivity contribution in [3.8, 4) is 0 Å². The lowest BCUT2D eigenvalue weighted by Gasteiger charge is -2.09. The minimum atomic E-state index is -1.05. The number of rotatable bonds is 7. The van der Waals surface area contributed by atoms with Gasteiger partial charge in [0.15, 0.2) is 0 Å². The quantitative estimate of drug-likeness (QED) is 0.744. The van der Waals surface area contributed by atoms with Crippen molar-refractivity contribution in [2.45, 2.75) is 25.9 Å². The fourth-order valence-electron chi connectivity index (χ4n) is 1.43. The molecule has 1 aromatic rings. The number of carboxylic acids is 1. The van der Waals surface area contributed by atoms with Crippen LogP contribution < -0.4 is 5.32 Å². The average molecular weight is 278 g/mol. The van der Waals surface area contributed by atoms with E-state index in [1.165, 1.54) is 6.08 Å². The fraction of sp³-hybridized carbons (Fsp3) is 0.357. The molecular formula is C14H18N2O4. The first kappa shape index (κ1) is 15.8. The van der Waals surface area contributed by atoms with E-state index in [1.807, 2.05) is 6.92 Å². The van der Waals surface area contributed by atoms with Gasteiger partial charge in [-0.15, -0.1) is 0 Å². The van der Waals surface area contributed by atoms with E-state index in [0.29, 0.717) is 24.4 Å². The number of nitrogens with one attached hydrogen (secondary N) is 1. The molecule has 0 bridgehead atoms. The molecule has 0 spiro atoms. The second kappa shape index (κ2) is 8.06. The molecule has 0 aliphatic rings. The van der Waals surface area contributed by atoms with Crippen molar-refractivity contribution < 1.29 is 19.4 Å². The molecular weight excluding hydrogens is 260 g/mol. The molecule has 6 heteroatoms. The van der Waals surface area contributed by atoms with E-state index in [9.17, 15) is 9.59 Å². The molecule has 1 atom stereocenters. The molecule has 0 fully saturated rings. The average Bonchev–Trinajstić information content (AvgIpc) is 2.43. The summed E-state index contributed by atoms with van der Waals surface area (Å²) in [6.45, 7) is 1.89. The smallest absolute Gasteiger partial charge is 0.328 e. The zero-order valence-electron chi connectivity index (χ0n) is 11.5. The van der Waals surface area contributed by atoms with Crippen LogP contribution in [0.5, 0.6) is 0 Å². The topological polar surface area (TPSA) is 88.5 Å². The Morgan fingerprint density at radius 1 is 1.50 bits per heavy atom. The van der Waals surface area contributed by atoms with Gasteiger partial charge < -0.3 is 15.2 Å². The molecule has 1 amide bonds. The summed E-state index contributed by atoms with van der Waals surface area (Å²) in [6, 6.07) is 5.00. The maximum atomic E-state index is 11.7. The largest absolute Gasteiger partial charge is 0.478 e. The number of hydrogen-bond donors (Lipinski definition) is 2. The Bertz CT molecular complexity index is 500. The molecule has 1 unspecified atom stereocenters. The van der Waals surface area contributed by atoms with Gasteiger partial charge in [0.25, 0.3) is 0 Å². The first-order chi connectivity index (χ1) is 9.51. The molecule has 108 valence electrons. The van der Waals surface area contributed by atoms with Crippen LogP contribution in [0.1, 0.15) is 25.5 Å². The van der Waals surface area contributed by atoms with E-state index in [1.54, 1.807) is 25.3 Å². The summed E-state index contributed by atoms with van der Waals surface area (Å²) < 4.78 is 5.06. The lowest BCUT2D eigenvalue weighted by Crippen LogP contribution is -2.15. The molecule has 0 aliphatic heterocycles. The molecule has 1 aromatic heterocycles. The van der Waals surface area contributed by atoms with Crippen molar-refractivity contribution in [2.75, 3.05) is 12.4 Å². The van der Waals surface area contributed by atoms with E-state index in [-0.39, 0.29) is 12.0 Å². The molecule has 1 heterocycles. The Kier molecular flexibility index (Phi) is 6.39. The third-order valence-electron chi connectivity index (χ3n) is 2.62. The first-order valence-electron chi connectivity index (χ1n) is 6.22. The van der Waals surface area contributed by atoms with Crippen molar-refractivity contribution in [1.29, 1.82) is 0 Å². The Hall–Kier alpha value is -2.21. The number of anilines is 1. The zero-order chi connectivity index (χ0) is 15.0. The predicted molar refractivity (Wildman–Crippen MR) is 75.2 cm³/mol. The summed E-state index contributed by atoms with van der Waals surface area (Å²) in [5.41, 5.74) is 0.468. The van der Waals surface area contributed by atoms with Crippen molar-refractivity contribution in [1.82, 2.24) is 4.98 Å². The summed E-state index contributed by atoms with van der Waals surface area (Å²) in [4.78, 5) is 26.2. The number of carbonyl (C=O) groups is 2.